The second-order valence-electron chi connectivity index (χ2n) is 5.52. The van der Waals surface area contributed by atoms with Crippen LogP contribution in [0.3, 0.4) is 0 Å². The number of nitrogens with zero attached hydrogens (tertiary/aromatic N) is 4. The number of hydrogen-bond donors (Lipinski definition) is 0. The van der Waals surface area contributed by atoms with Crippen LogP contribution in [0.2, 0.25) is 0 Å². The van der Waals surface area contributed by atoms with Gasteiger partial charge in [-0.05, 0) is 19.4 Å². The molecule has 1 aliphatic rings. The molecule has 1 unspecified atom stereocenters. The zero-order valence-electron chi connectivity index (χ0n) is 12.6. The molecule has 3 rings (SSSR count). The van der Waals surface area contributed by atoms with Crippen LogP contribution in [0.1, 0.15) is 54.6 Å². The predicted octanol–water partition coefficient (Wildman–Crippen LogP) is 3.83. The first kappa shape index (κ1) is 16.4. The highest BCUT2D eigenvalue weighted by molar-refractivity contribution is 7.09. The summed E-state index contributed by atoms with van der Waals surface area (Å²) in [4.78, 5) is 10.2. The van der Waals surface area contributed by atoms with E-state index in [9.17, 15) is 13.2 Å². The lowest BCUT2D eigenvalue weighted by Crippen LogP contribution is -2.33. The van der Waals surface area contributed by atoms with Gasteiger partial charge in [0.25, 0.3) is 0 Å². The Hall–Kier alpha value is -1.48. The minimum Gasteiger partial charge on any atom is -0.339 e. The zero-order chi connectivity index (χ0) is 16.4. The Kier molecular flexibility index (Phi) is 4.67. The summed E-state index contributed by atoms with van der Waals surface area (Å²) < 4.78 is 43.2. The zero-order valence-corrected chi connectivity index (χ0v) is 13.5. The maximum Gasteiger partial charge on any atom is 0.443 e. The van der Waals surface area contributed by atoms with E-state index < -0.39 is 11.2 Å². The molecule has 9 heteroatoms. The number of halogens is 3. The fraction of sp³-hybridized carbons (Fsp3) is 0.643. The molecule has 2 aromatic heterocycles. The fourth-order valence-electron chi connectivity index (χ4n) is 2.74. The van der Waals surface area contributed by atoms with Crippen LogP contribution in [-0.2, 0) is 19.1 Å². The number of likely N-dealkylation sites (tertiary alicyclic amines) is 1. The highest BCUT2D eigenvalue weighted by atomic mass is 32.1. The second kappa shape index (κ2) is 6.56. The van der Waals surface area contributed by atoms with Crippen molar-refractivity contribution in [3.8, 4) is 0 Å². The van der Waals surface area contributed by atoms with E-state index in [1.807, 2.05) is 6.92 Å². The maximum absolute atomic E-state index is 12.7. The van der Waals surface area contributed by atoms with Gasteiger partial charge in [-0.25, -0.2) is 4.98 Å². The lowest BCUT2D eigenvalue weighted by molar-refractivity contribution is -0.137. The average Bonchev–Trinajstić information content (AvgIpc) is 3.16. The monoisotopic (exact) mass is 346 g/mol. The van der Waals surface area contributed by atoms with E-state index in [1.165, 1.54) is 5.38 Å². The van der Waals surface area contributed by atoms with Gasteiger partial charge >= 0.3 is 6.18 Å². The van der Waals surface area contributed by atoms with Crippen LogP contribution in [0.4, 0.5) is 13.2 Å². The van der Waals surface area contributed by atoms with E-state index in [0.717, 1.165) is 25.8 Å². The van der Waals surface area contributed by atoms with Gasteiger partial charge in [0.05, 0.1) is 11.7 Å². The number of thiazole rings is 1. The van der Waals surface area contributed by atoms with Crippen molar-refractivity contribution in [2.45, 2.75) is 51.4 Å². The third kappa shape index (κ3) is 3.72. The summed E-state index contributed by atoms with van der Waals surface area (Å²) in [6, 6.07) is -0.0242. The van der Waals surface area contributed by atoms with Crippen molar-refractivity contribution in [3.05, 3.63) is 27.8 Å². The Bertz CT molecular complexity index is 654. The molecule has 5 nitrogen and oxygen atoms in total. The number of rotatable bonds is 4. The number of aryl methyl sites for hydroxylation is 1. The normalized spacial score (nSPS) is 20.1. The summed E-state index contributed by atoms with van der Waals surface area (Å²) >= 11 is 0.637. The number of piperidine rings is 1. The molecule has 1 aliphatic heterocycles. The van der Waals surface area contributed by atoms with Crippen molar-refractivity contribution in [2.24, 2.45) is 0 Å². The highest BCUT2D eigenvalue weighted by Crippen LogP contribution is 2.34. The minimum atomic E-state index is -4.38. The van der Waals surface area contributed by atoms with Crippen molar-refractivity contribution in [2.75, 3.05) is 6.54 Å². The lowest BCUT2D eigenvalue weighted by atomic mass is 10.0. The molecule has 0 aliphatic carbocycles. The quantitative estimate of drug-likeness (QED) is 0.842. The summed E-state index contributed by atoms with van der Waals surface area (Å²) in [5, 5.41) is 4.70. The van der Waals surface area contributed by atoms with Crippen LogP contribution < -0.4 is 0 Å². The van der Waals surface area contributed by atoms with Gasteiger partial charge in [0, 0.05) is 18.3 Å². The van der Waals surface area contributed by atoms with Gasteiger partial charge in [-0.1, -0.05) is 18.5 Å². The summed E-state index contributed by atoms with van der Waals surface area (Å²) in [5.41, 5.74) is 0.438. The smallest absolute Gasteiger partial charge is 0.339 e. The van der Waals surface area contributed by atoms with Crippen LogP contribution in [0, 0.1) is 0 Å². The van der Waals surface area contributed by atoms with Gasteiger partial charge in [-0.2, -0.15) is 18.2 Å². The first-order chi connectivity index (χ1) is 11.0. The van der Waals surface area contributed by atoms with E-state index in [0.29, 0.717) is 41.7 Å². The molecule has 0 spiro atoms. The lowest BCUT2D eigenvalue weighted by Gasteiger charge is -2.33. The molecule has 0 N–H and O–H groups in total. The number of hydrogen-bond acceptors (Lipinski definition) is 6. The van der Waals surface area contributed by atoms with E-state index in [1.54, 1.807) is 0 Å². The third-order valence-corrected chi connectivity index (χ3v) is 4.79. The molecule has 1 fully saturated rings. The predicted molar refractivity (Wildman–Crippen MR) is 77.8 cm³/mol. The van der Waals surface area contributed by atoms with E-state index in [2.05, 4.69) is 20.0 Å². The molecule has 0 bridgehead atoms. The number of aromatic nitrogens is 3. The Balaban J connectivity index is 1.75. The van der Waals surface area contributed by atoms with Crippen LogP contribution >= 0.6 is 11.3 Å². The Morgan fingerprint density at radius 1 is 1.35 bits per heavy atom. The van der Waals surface area contributed by atoms with Gasteiger partial charge < -0.3 is 4.52 Å². The van der Waals surface area contributed by atoms with Gasteiger partial charge in [-0.3, -0.25) is 4.90 Å². The third-order valence-electron chi connectivity index (χ3n) is 3.86. The first-order valence-electron chi connectivity index (χ1n) is 7.55. The van der Waals surface area contributed by atoms with Crippen molar-refractivity contribution in [3.63, 3.8) is 0 Å². The van der Waals surface area contributed by atoms with Crippen molar-refractivity contribution in [1.82, 2.24) is 20.0 Å². The largest absolute Gasteiger partial charge is 0.443 e. The van der Waals surface area contributed by atoms with Gasteiger partial charge in [0.1, 0.15) is 0 Å². The van der Waals surface area contributed by atoms with Crippen LogP contribution in [0.25, 0.3) is 0 Å². The molecular formula is C14H17F3N4OS. The van der Waals surface area contributed by atoms with Crippen LogP contribution in [0.5, 0.6) is 0 Å². The number of alkyl halides is 3. The Morgan fingerprint density at radius 2 is 2.17 bits per heavy atom. The first-order valence-corrected chi connectivity index (χ1v) is 8.43. The molecular weight excluding hydrogens is 329 g/mol. The molecule has 0 saturated carbocycles. The van der Waals surface area contributed by atoms with Crippen LogP contribution in [-0.4, -0.2) is 26.6 Å². The molecule has 0 aromatic carbocycles. The van der Waals surface area contributed by atoms with Crippen molar-refractivity contribution < 1.29 is 17.7 Å². The van der Waals surface area contributed by atoms with Crippen molar-refractivity contribution >= 4 is 11.3 Å². The Labute approximate surface area is 135 Å². The summed E-state index contributed by atoms with van der Waals surface area (Å²) in [5.74, 6) is 1.20. The molecule has 126 valence electrons. The Morgan fingerprint density at radius 3 is 2.83 bits per heavy atom. The molecule has 3 heterocycles. The summed E-state index contributed by atoms with van der Waals surface area (Å²) in [7, 11) is 0. The standard InChI is InChI=1S/C14H17F3N4OS/c1-2-11-19-12(20-22-11)10-5-3-4-6-21(10)7-9-8-23-13(18-9)14(15,16)17/h8,10H,2-7H2,1H3. The molecule has 1 atom stereocenters. The summed E-state index contributed by atoms with van der Waals surface area (Å²) in [6.07, 6.45) is -0.791. The van der Waals surface area contributed by atoms with E-state index >= 15 is 0 Å². The van der Waals surface area contributed by atoms with E-state index in [-0.39, 0.29) is 6.04 Å². The average molecular weight is 346 g/mol. The van der Waals surface area contributed by atoms with Crippen LogP contribution in [0.15, 0.2) is 9.90 Å². The molecule has 2 aromatic rings. The summed E-state index contributed by atoms with van der Waals surface area (Å²) in [6.45, 7) is 3.09. The van der Waals surface area contributed by atoms with E-state index in [4.69, 9.17) is 4.52 Å². The maximum atomic E-state index is 12.7. The topological polar surface area (TPSA) is 55.1 Å². The van der Waals surface area contributed by atoms with Gasteiger partial charge in [-0.15, -0.1) is 11.3 Å². The fourth-order valence-corrected chi connectivity index (χ4v) is 3.42. The van der Waals surface area contributed by atoms with Gasteiger partial charge in [0.15, 0.2) is 10.8 Å². The second-order valence-corrected chi connectivity index (χ2v) is 6.38. The molecule has 0 amide bonds. The van der Waals surface area contributed by atoms with Gasteiger partial charge in [0.2, 0.25) is 5.89 Å². The van der Waals surface area contributed by atoms with Crippen molar-refractivity contribution in [1.29, 1.82) is 0 Å². The highest BCUT2D eigenvalue weighted by Gasteiger charge is 2.35. The molecule has 23 heavy (non-hydrogen) atoms. The molecule has 0 radical (unpaired) electrons. The SMILES string of the molecule is CCc1nc(C2CCCCN2Cc2csc(C(F)(F)F)n2)no1. The minimum absolute atomic E-state index is 0.0242. The molecule has 1 saturated heterocycles.